The van der Waals surface area contributed by atoms with Gasteiger partial charge in [0.2, 0.25) is 5.82 Å². The molecule has 17 heavy (non-hydrogen) atoms. The molecular weight excluding hydrogens is 300 g/mol. The zero-order valence-electron chi connectivity index (χ0n) is 8.84. The molecule has 0 heterocycles. The van der Waals surface area contributed by atoms with E-state index in [0.717, 1.165) is 6.07 Å². The number of carbonyl (C=O) groups excluding carboxylic acids is 1. The van der Waals surface area contributed by atoms with Crippen molar-refractivity contribution < 1.29 is 23.4 Å². The van der Waals surface area contributed by atoms with Crippen molar-refractivity contribution in [3.63, 3.8) is 0 Å². The van der Waals surface area contributed by atoms with E-state index < -0.39 is 29.4 Å². The third kappa shape index (κ3) is 2.92. The van der Waals surface area contributed by atoms with Gasteiger partial charge in [0.1, 0.15) is 0 Å². The van der Waals surface area contributed by atoms with Crippen LogP contribution in [0.2, 0.25) is 0 Å². The first-order chi connectivity index (χ1) is 7.88. The molecule has 1 aromatic rings. The van der Waals surface area contributed by atoms with Gasteiger partial charge in [-0.05, 0) is 22.0 Å². The largest absolute Gasteiger partial charge is 0.505 e. The molecule has 0 aliphatic heterocycles. The van der Waals surface area contributed by atoms with Gasteiger partial charge >= 0.3 is 5.97 Å². The van der Waals surface area contributed by atoms with Crippen LogP contribution in [-0.2, 0) is 9.53 Å². The predicted molar refractivity (Wildman–Crippen MR) is 59.3 cm³/mol. The van der Waals surface area contributed by atoms with Crippen LogP contribution in [-0.4, -0.2) is 18.2 Å². The van der Waals surface area contributed by atoms with Crippen LogP contribution in [0.3, 0.4) is 0 Å². The van der Waals surface area contributed by atoms with Gasteiger partial charge in [0.15, 0.2) is 11.6 Å². The maximum Gasteiger partial charge on any atom is 0.307 e. The van der Waals surface area contributed by atoms with Gasteiger partial charge in [0, 0.05) is 11.6 Å². The van der Waals surface area contributed by atoms with Crippen molar-refractivity contribution in [2.75, 3.05) is 7.11 Å². The number of phenolic OH excluding ortho intramolecular Hbond substituents is 1. The number of hydrogen-bond acceptors (Lipinski definition) is 4. The molecule has 0 radical (unpaired) electrons. The summed E-state index contributed by atoms with van der Waals surface area (Å²) in [5.74, 6) is -4.13. The Morgan fingerprint density at radius 1 is 1.59 bits per heavy atom. The van der Waals surface area contributed by atoms with Crippen molar-refractivity contribution in [2.24, 2.45) is 5.73 Å². The van der Waals surface area contributed by atoms with Crippen molar-refractivity contribution in [2.45, 2.75) is 12.5 Å². The van der Waals surface area contributed by atoms with Crippen molar-refractivity contribution in [3.8, 4) is 5.75 Å². The lowest BCUT2D eigenvalue weighted by Crippen LogP contribution is -2.17. The van der Waals surface area contributed by atoms with E-state index in [1.807, 2.05) is 0 Å². The van der Waals surface area contributed by atoms with Gasteiger partial charge in [0.25, 0.3) is 0 Å². The van der Waals surface area contributed by atoms with Crippen LogP contribution in [0.1, 0.15) is 18.0 Å². The number of methoxy groups -OCH3 is 1. The van der Waals surface area contributed by atoms with E-state index in [-0.39, 0.29) is 16.5 Å². The number of nitrogens with two attached hydrogens (primary N) is 1. The number of phenols is 1. The summed E-state index contributed by atoms with van der Waals surface area (Å²) in [7, 11) is 1.18. The highest BCUT2D eigenvalue weighted by molar-refractivity contribution is 9.10. The quantitative estimate of drug-likeness (QED) is 0.661. The van der Waals surface area contributed by atoms with Crippen LogP contribution in [0, 0.1) is 11.6 Å². The Balaban J connectivity index is 3.10. The van der Waals surface area contributed by atoms with Crippen LogP contribution in [0.4, 0.5) is 8.78 Å². The fourth-order valence-electron chi connectivity index (χ4n) is 1.26. The molecule has 0 saturated heterocycles. The zero-order chi connectivity index (χ0) is 13.2. The average molecular weight is 310 g/mol. The Morgan fingerprint density at radius 3 is 2.71 bits per heavy atom. The molecule has 0 saturated carbocycles. The average Bonchev–Trinajstić information content (AvgIpc) is 2.30. The summed E-state index contributed by atoms with van der Waals surface area (Å²) in [5, 5.41) is 9.39. The minimum Gasteiger partial charge on any atom is -0.505 e. The standard InChI is InChI=1S/C10H10BrF2NO3/c1-17-7(15)3-6(14)4-2-5(11)8(12)9(13)10(4)16/h2,6,16H,3,14H2,1H3/t6-/m0/s1. The lowest BCUT2D eigenvalue weighted by atomic mass is 10.0. The first-order valence-electron chi connectivity index (χ1n) is 4.57. The minimum absolute atomic E-state index is 0.0684. The number of carbonyl (C=O) groups is 1. The monoisotopic (exact) mass is 309 g/mol. The van der Waals surface area contributed by atoms with E-state index in [1.54, 1.807) is 0 Å². The van der Waals surface area contributed by atoms with Crippen LogP contribution >= 0.6 is 15.9 Å². The summed E-state index contributed by atoms with van der Waals surface area (Å²) in [6, 6.07) is 0.148. The summed E-state index contributed by atoms with van der Waals surface area (Å²) < 4.78 is 30.5. The molecule has 0 bridgehead atoms. The van der Waals surface area contributed by atoms with Gasteiger partial charge in [-0.3, -0.25) is 4.79 Å². The zero-order valence-corrected chi connectivity index (χ0v) is 10.4. The van der Waals surface area contributed by atoms with E-state index in [9.17, 15) is 18.7 Å². The van der Waals surface area contributed by atoms with Gasteiger partial charge in [-0.1, -0.05) is 0 Å². The first kappa shape index (κ1) is 13.9. The Labute approximate surface area is 104 Å². The molecule has 3 N–H and O–H groups in total. The van der Waals surface area contributed by atoms with Crippen LogP contribution in [0.15, 0.2) is 10.5 Å². The molecule has 4 nitrogen and oxygen atoms in total. The molecule has 0 spiro atoms. The summed E-state index contributed by atoms with van der Waals surface area (Å²) >= 11 is 2.78. The van der Waals surface area contributed by atoms with E-state index in [2.05, 4.69) is 20.7 Å². The molecule has 0 fully saturated rings. The number of benzene rings is 1. The molecule has 0 aliphatic rings. The molecule has 7 heteroatoms. The number of ether oxygens (including phenoxy) is 1. The van der Waals surface area contributed by atoms with Crippen LogP contribution in [0.25, 0.3) is 0 Å². The Morgan fingerprint density at radius 2 is 2.18 bits per heavy atom. The summed E-state index contributed by atoms with van der Waals surface area (Å²) in [5.41, 5.74) is 5.52. The summed E-state index contributed by atoms with van der Waals surface area (Å²) in [4.78, 5) is 11.0. The third-order valence-corrected chi connectivity index (χ3v) is 2.76. The first-order valence-corrected chi connectivity index (χ1v) is 5.36. The second kappa shape index (κ2) is 5.42. The molecule has 1 atom stereocenters. The SMILES string of the molecule is COC(=O)C[C@H](N)c1cc(Br)c(F)c(F)c1O. The number of rotatable bonds is 3. The number of aromatic hydroxyl groups is 1. The molecule has 0 aliphatic carbocycles. The Kier molecular flexibility index (Phi) is 4.41. The van der Waals surface area contributed by atoms with Crippen molar-refractivity contribution >= 4 is 21.9 Å². The van der Waals surface area contributed by atoms with Crippen molar-refractivity contribution in [3.05, 3.63) is 27.7 Å². The van der Waals surface area contributed by atoms with Crippen molar-refractivity contribution in [1.82, 2.24) is 0 Å². The molecule has 94 valence electrons. The van der Waals surface area contributed by atoms with Gasteiger partial charge in [-0.25, -0.2) is 4.39 Å². The van der Waals surface area contributed by atoms with Gasteiger partial charge in [0.05, 0.1) is 18.0 Å². The molecule has 0 amide bonds. The maximum atomic E-state index is 13.2. The molecule has 0 aromatic heterocycles. The lowest BCUT2D eigenvalue weighted by Gasteiger charge is -2.14. The van der Waals surface area contributed by atoms with Gasteiger partial charge < -0.3 is 15.6 Å². The second-order valence-electron chi connectivity index (χ2n) is 3.31. The van der Waals surface area contributed by atoms with Gasteiger partial charge in [-0.2, -0.15) is 4.39 Å². The number of hydrogen-bond donors (Lipinski definition) is 2. The molecule has 1 rings (SSSR count). The smallest absolute Gasteiger partial charge is 0.307 e. The van der Waals surface area contributed by atoms with E-state index in [4.69, 9.17) is 5.73 Å². The highest BCUT2D eigenvalue weighted by Gasteiger charge is 2.22. The summed E-state index contributed by atoms with van der Waals surface area (Å²) in [6.07, 6.45) is -0.248. The lowest BCUT2D eigenvalue weighted by molar-refractivity contribution is -0.141. The maximum absolute atomic E-state index is 13.2. The fourth-order valence-corrected chi connectivity index (χ4v) is 1.68. The highest BCUT2D eigenvalue weighted by atomic mass is 79.9. The minimum atomic E-state index is -1.41. The predicted octanol–water partition coefficient (Wildman–Crippen LogP) is 2.00. The van der Waals surface area contributed by atoms with Crippen molar-refractivity contribution in [1.29, 1.82) is 0 Å². The highest BCUT2D eigenvalue weighted by Crippen LogP contribution is 2.33. The van der Waals surface area contributed by atoms with Crippen LogP contribution in [0.5, 0.6) is 5.75 Å². The van der Waals surface area contributed by atoms with Crippen LogP contribution < -0.4 is 5.73 Å². The fraction of sp³-hybridized carbons (Fsp3) is 0.300. The number of halogens is 3. The van der Waals surface area contributed by atoms with E-state index in [0.29, 0.717) is 0 Å². The normalized spacial score (nSPS) is 12.3. The molecular formula is C10H10BrF2NO3. The number of esters is 1. The Hall–Kier alpha value is -1.21. The molecule has 0 unspecified atom stereocenters. The Bertz CT molecular complexity index is 454. The van der Waals surface area contributed by atoms with E-state index >= 15 is 0 Å². The topological polar surface area (TPSA) is 72.5 Å². The van der Waals surface area contributed by atoms with E-state index in [1.165, 1.54) is 7.11 Å². The molecule has 1 aromatic carbocycles. The second-order valence-corrected chi connectivity index (χ2v) is 4.17. The summed E-state index contributed by atoms with van der Waals surface area (Å²) in [6.45, 7) is 0. The van der Waals surface area contributed by atoms with Gasteiger partial charge in [-0.15, -0.1) is 0 Å². The third-order valence-electron chi connectivity index (χ3n) is 2.18.